The average molecular weight is 482 g/mol. The minimum absolute atomic E-state index is 0.0228. The zero-order valence-electron chi connectivity index (χ0n) is 16.9. The summed E-state index contributed by atoms with van der Waals surface area (Å²) in [5.41, 5.74) is 0.875. The number of anilines is 2. The van der Waals surface area contributed by atoms with Gasteiger partial charge in [-0.05, 0) is 24.3 Å². The number of ether oxygens (including phenoxy) is 2. The molecular formula is C20H17F3N4O5S. The third kappa shape index (κ3) is 5.49. The Bertz CT molecular complexity index is 1190. The van der Waals surface area contributed by atoms with Crippen LogP contribution in [0.4, 0.5) is 29.7 Å². The van der Waals surface area contributed by atoms with Gasteiger partial charge in [-0.1, -0.05) is 11.3 Å². The van der Waals surface area contributed by atoms with Gasteiger partial charge in [-0.25, -0.2) is 4.98 Å². The van der Waals surface area contributed by atoms with Gasteiger partial charge >= 0.3 is 6.18 Å². The largest absolute Gasteiger partial charge is 0.484 e. The first kappa shape index (κ1) is 22.7. The number of carbonyl (C=O) groups is 1. The number of halogens is 3. The van der Waals surface area contributed by atoms with E-state index in [2.05, 4.69) is 10.3 Å². The molecule has 2 aromatic carbocycles. The van der Waals surface area contributed by atoms with Gasteiger partial charge in [0.05, 0.1) is 39.6 Å². The predicted molar refractivity (Wildman–Crippen MR) is 115 cm³/mol. The Hall–Kier alpha value is -3.45. The number of thiazole rings is 1. The highest BCUT2D eigenvalue weighted by atomic mass is 32.1. The number of morpholine rings is 1. The number of amides is 1. The first-order chi connectivity index (χ1) is 15.7. The van der Waals surface area contributed by atoms with Crippen LogP contribution < -0.4 is 15.0 Å². The fourth-order valence-corrected chi connectivity index (χ4v) is 4.17. The van der Waals surface area contributed by atoms with Crippen molar-refractivity contribution in [3.8, 4) is 5.75 Å². The van der Waals surface area contributed by atoms with Crippen molar-refractivity contribution in [2.24, 2.45) is 0 Å². The lowest BCUT2D eigenvalue weighted by molar-refractivity contribution is -0.384. The van der Waals surface area contributed by atoms with Gasteiger partial charge in [-0.3, -0.25) is 20.2 Å². The number of benzene rings is 2. The second-order valence-corrected chi connectivity index (χ2v) is 8.10. The number of nitro benzene ring substituents is 1. The molecule has 0 unspecified atom stereocenters. The molecule has 174 valence electrons. The third-order valence-electron chi connectivity index (χ3n) is 4.77. The summed E-state index contributed by atoms with van der Waals surface area (Å²) in [6.45, 7) is 0.571. The Morgan fingerprint density at radius 3 is 2.70 bits per heavy atom. The van der Waals surface area contributed by atoms with Gasteiger partial charge in [0.25, 0.3) is 11.6 Å². The monoisotopic (exact) mass is 482 g/mol. The van der Waals surface area contributed by atoms with Crippen LogP contribution in [0.15, 0.2) is 36.4 Å². The second-order valence-electron chi connectivity index (χ2n) is 7.06. The molecule has 1 aromatic heterocycles. The van der Waals surface area contributed by atoms with Crippen molar-refractivity contribution in [3.05, 3.63) is 52.1 Å². The topological polar surface area (TPSA) is 107 Å². The highest BCUT2D eigenvalue weighted by molar-refractivity contribution is 7.22. The van der Waals surface area contributed by atoms with Crippen LogP contribution in [-0.2, 0) is 4.74 Å². The predicted octanol–water partition coefficient (Wildman–Crippen LogP) is 4.23. The summed E-state index contributed by atoms with van der Waals surface area (Å²) >= 11 is 1.05. The Balaban J connectivity index is 1.58. The van der Waals surface area contributed by atoms with Crippen molar-refractivity contribution in [2.75, 3.05) is 43.1 Å². The van der Waals surface area contributed by atoms with Gasteiger partial charge < -0.3 is 14.4 Å². The number of nitrogens with one attached hydrogen (secondary N) is 1. The van der Waals surface area contributed by atoms with Crippen molar-refractivity contribution < 1.29 is 32.4 Å². The number of hydrogen-bond donors (Lipinski definition) is 1. The molecule has 0 aliphatic carbocycles. The molecule has 9 nitrogen and oxygen atoms in total. The van der Waals surface area contributed by atoms with E-state index < -0.39 is 23.6 Å². The summed E-state index contributed by atoms with van der Waals surface area (Å²) in [6, 6.07) is 8.32. The van der Waals surface area contributed by atoms with Crippen LogP contribution in [0.5, 0.6) is 5.75 Å². The first-order valence-corrected chi connectivity index (χ1v) is 10.5. The summed E-state index contributed by atoms with van der Waals surface area (Å²) < 4.78 is 47.7. The molecular weight excluding hydrogens is 465 g/mol. The molecule has 1 amide bonds. The number of aromatic nitrogens is 1. The Kier molecular flexibility index (Phi) is 6.33. The molecule has 1 N–H and O–H groups in total. The zero-order valence-corrected chi connectivity index (χ0v) is 17.7. The van der Waals surface area contributed by atoms with Crippen LogP contribution in [-0.4, -0.2) is 54.9 Å². The third-order valence-corrected chi connectivity index (χ3v) is 5.70. The maximum atomic E-state index is 13.0. The van der Waals surface area contributed by atoms with E-state index in [1.165, 1.54) is 36.4 Å². The quantitative estimate of drug-likeness (QED) is 0.414. The summed E-state index contributed by atoms with van der Waals surface area (Å²) in [6.07, 6.45) is -4.46. The molecule has 0 spiro atoms. The SMILES string of the molecule is O=C(Nc1nc2ccc(OCC(F)(F)F)cc2s1)c1cc([N+](=O)[O-])ccc1N1CCOCC1. The number of nitrogens with zero attached hydrogens (tertiary/aromatic N) is 3. The minimum Gasteiger partial charge on any atom is -0.484 e. The summed E-state index contributed by atoms with van der Waals surface area (Å²) in [5, 5.41) is 14.1. The van der Waals surface area contributed by atoms with Gasteiger partial charge in [-0.15, -0.1) is 0 Å². The van der Waals surface area contributed by atoms with E-state index in [1.807, 2.05) is 4.90 Å². The Labute approximate surface area is 188 Å². The van der Waals surface area contributed by atoms with Crippen LogP contribution in [0.2, 0.25) is 0 Å². The Morgan fingerprint density at radius 2 is 2.00 bits per heavy atom. The maximum absolute atomic E-state index is 13.0. The maximum Gasteiger partial charge on any atom is 0.422 e. The summed E-state index contributed by atoms with van der Waals surface area (Å²) in [7, 11) is 0. The van der Waals surface area contributed by atoms with Crippen molar-refractivity contribution in [1.29, 1.82) is 0 Å². The lowest BCUT2D eigenvalue weighted by atomic mass is 10.1. The lowest BCUT2D eigenvalue weighted by Gasteiger charge is -2.30. The number of fused-ring (bicyclic) bond motifs is 1. The molecule has 0 atom stereocenters. The van der Waals surface area contributed by atoms with Gasteiger partial charge in [-0.2, -0.15) is 13.2 Å². The molecule has 1 aliphatic heterocycles. The van der Waals surface area contributed by atoms with Crippen LogP contribution in [0.3, 0.4) is 0 Å². The van der Waals surface area contributed by atoms with Crippen LogP contribution in [0.25, 0.3) is 10.2 Å². The van der Waals surface area contributed by atoms with Crippen LogP contribution in [0, 0.1) is 10.1 Å². The summed E-state index contributed by atoms with van der Waals surface area (Å²) in [4.78, 5) is 29.9. The van der Waals surface area contributed by atoms with E-state index in [9.17, 15) is 28.1 Å². The van der Waals surface area contributed by atoms with Crippen molar-refractivity contribution in [1.82, 2.24) is 4.98 Å². The standard InChI is InChI=1S/C20H17F3N4O5S/c21-20(22,23)11-32-13-2-3-15-17(10-13)33-19(24-15)25-18(28)14-9-12(27(29)30)1-4-16(14)26-5-7-31-8-6-26/h1-4,9-10H,5-8,11H2,(H,24,25,28). The van der Waals surface area contributed by atoms with Crippen molar-refractivity contribution in [3.63, 3.8) is 0 Å². The first-order valence-electron chi connectivity index (χ1n) is 9.72. The average Bonchev–Trinajstić information content (AvgIpc) is 3.18. The number of hydrogen-bond acceptors (Lipinski definition) is 8. The fraction of sp³-hybridized carbons (Fsp3) is 0.300. The van der Waals surface area contributed by atoms with E-state index in [0.717, 1.165) is 11.3 Å². The molecule has 1 saturated heterocycles. The molecule has 3 aromatic rings. The highest BCUT2D eigenvalue weighted by Crippen LogP contribution is 2.32. The molecule has 0 saturated carbocycles. The fourth-order valence-electron chi connectivity index (χ4n) is 3.28. The van der Waals surface area contributed by atoms with Crippen LogP contribution in [0.1, 0.15) is 10.4 Å². The van der Waals surface area contributed by atoms with E-state index >= 15 is 0 Å². The van der Waals surface area contributed by atoms with Gasteiger partial charge in [0, 0.05) is 25.2 Å². The molecule has 1 aliphatic rings. The van der Waals surface area contributed by atoms with E-state index in [-0.39, 0.29) is 22.1 Å². The van der Waals surface area contributed by atoms with Crippen LogP contribution >= 0.6 is 11.3 Å². The van der Waals surface area contributed by atoms with E-state index in [4.69, 9.17) is 9.47 Å². The van der Waals surface area contributed by atoms with Crippen molar-refractivity contribution in [2.45, 2.75) is 6.18 Å². The molecule has 1 fully saturated rings. The zero-order chi connectivity index (χ0) is 23.6. The smallest absolute Gasteiger partial charge is 0.422 e. The lowest BCUT2D eigenvalue weighted by Crippen LogP contribution is -2.37. The number of rotatable bonds is 6. The molecule has 33 heavy (non-hydrogen) atoms. The normalized spacial score (nSPS) is 14.3. The van der Waals surface area contributed by atoms with E-state index in [1.54, 1.807) is 0 Å². The Morgan fingerprint density at radius 1 is 1.24 bits per heavy atom. The van der Waals surface area contributed by atoms with Crippen molar-refractivity contribution >= 4 is 44.0 Å². The van der Waals surface area contributed by atoms with E-state index in [0.29, 0.717) is 42.2 Å². The van der Waals surface area contributed by atoms with Gasteiger partial charge in [0.2, 0.25) is 0 Å². The number of carbonyl (C=O) groups excluding carboxylic acids is 1. The molecule has 0 bridgehead atoms. The summed E-state index contributed by atoms with van der Waals surface area (Å²) in [5.74, 6) is -0.567. The highest BCUT2D eigenvalue weighted by Gasteiger charge is 2.28. The minimum atomic E-state index is -4.46. The number of non-ortho nitro benzene ring substituents is 1. The molecule has 0 radical (unpaired) electrons. The molecule has 2 heterocycles. The molecule has 13 heteroatoms. The van der Waals surface area contributed by atoms with Gasteiger partial charge in [0.1, 0.15) is 5.75 Å². The number of nitro groups is 1. The molecule has 4 rings (SSSR count). The van der Waals surface area contributed by atoms with Gasteiger partial charge in [0.15, 0.2) is 11.7 Å². The number of alkyl halides is 3. The second kappa shape index (κ2) is 9.19.